The molecule has 0 saturated heterocycles. The molecule has 1 N–H and O–H groups in total. The number of aliphatic hydroxyl groups excluding tert-OH is 1. The van der Waals surface area contributed by atoms with Crippen LogP contribution in [0, 0.1) is 5.92 Å². The Morgan fingerprint density at radius 2 is 1.72 bits per heavy atom. The van der Waals surface area contributed by atoms with E-state index < -0.39 is 40.7 Å². The predicted octanol–water partition coefficient (Wildman–Crippen LogP) is 4.46. The Morgan fingerprint density at radius 1 is 1.05 bits per heavy atom. The monoisotopic (exact) mass is 560 g/mol. The molecule has 3 atom stereocenters. The van der Waals surface area contributed by atoms with Gasteiger partial charge >= 0.3 is 5.97 Å². The zero-order chi connectivity index (χ0) is 28.6. The van der Waals surface area contributed by atoms with Crippen LogP contribution in [0.15, 0.2) is 35.6 Å². The van der Waals surface area contributed by atoms with Gasteiger partial charge in [-0.05, 0) is 6.07 Å². The number of benzene rings is 2. The van der Waals surface area contributed by atoms with Gasteiger partial charge in [0, 0.05) is 41.5 Å². The number of carbonyl (C=O) groups excluding carboxylic acids is 3. The van der Waals surface area contributed by atoms with Crippen LogP contribution in [0.4, 0.5) is 0 Å². The Morgan fingerprint density at radius 3 is 2.31 bits per heavy atom. The number of hydrogen-bond acceptors (Lipinski definition) is 10. The molecule has 11 heteroatoms. The number of rotatable bonds is 8. The molecule has 4 rings (SSSR count). The van der Waals surface area contributed by atoms with Crippen LogP contribution in [0.5, 0.6) is 28.7 Å². The van der Waals surface area contributed by atoms with Gasteiger partial charge in [0.2, 0.25) is 11.4 Å². The Kier molecular flexibility index (Phi) is 7.70. The van der Waals surface area contributed by atoms with Crippen molar-refractivity contribution in [3.8, 4) is 28.7 Å². The van der Waals surface area contributed by atoms with Crippen LogP contribution >= 0.6 is 11.6 Å². The first-order valence-corrected chi connectivity index (χ1v) is 12.4. The van der Waals surface area contributed by atoms with Gasteiger partial charge in [0.25, 0.3) is 0 Å². The third-order valence-corrected chi connectivity index (χ3v) is 7.63. The van der Waals surface area contributed by atoms with Crippen LogP contribution < -0.4 is 23.7 Å². The molecule has 1 heterocycles. The Hall–Kier alpha value is -3.92. The van der Waals surface area contributed by atoms with E-state index in [1.807, 2.05) is 0 Å². The van der Waals surface area contributed by atoms with Crippen molar-refractivity contribution in [2.45, 2.75) is 31.3 Å². The molecular formula is C28H29ClO10. The molecule has 1 aliphatic heterocycles. The van der Waals surface area contributed by atoms with Crippen LogP contribution in [0.1, 0.15) is 41.6 Å². The fourth-order valence-corrected chi connectivity index (χ4v) is 5.53. The second-order valence-electron chi connectivity index (χ2n) is 9.20. The zero-order valence-corrected chi connectivity index (χ0v) is 23.1. The van der Waals surface area contributed by atoms with Gasteiger partial charge in [-0.25, -0.2) is 0 Å². The number of esters is 1. The molecule has 10 nitrogen and oxygen atoms in total. The number of halogens is 1. The van der Waals surface area contributed by atoms with Gasteiger partial charge in [-0.1, -0.05) is 24.6 Å². The van der Waals surface area contributed by atoms with Crippen molar-refractivity contribution in [3.05, 3.63) is 51.7 Å². The number of hydrogen-bond donors (Lipinski definition) is 1. The summed E-state index contributed by atoms with van der Waals surface area (Å²) in [5.74, 6) is -3.09. The SMILES string of the molecule is COC(=O)CC(C1=C(O)C2(Oc3c(Cl)c(OC)cc(OC)c3C2=O)C(C)CC1=O)c1ccc(OC)cc1OC. The third kappa shape index (κ3) is 4.32. The second kappa shape index (κ2) is 10.7. The van der Waals surface area contributed by atoms with E-state index >= 15 is 0 Å². The van der Waals surface area contributed by atoms with E-state index in [2.05, 4.69) is 0 Å². The first-order valence-electron chi connectivity index (χ1n) is 12.0. The van der Waals surface area contributed by atoms with Gasteiger partial charge < -0.3 is 33.5 Å². The molecule has 3 unspecified atom stereocenters. The summed E-state index contributed by atoms with van der Waals surface area (Å²) >= 11 is 6.51. The molecule has 208 valence electrons. The lowest BCUT2D eigenvalue weighted by atomic mass is 9.69. The fourth-order valence-electron chi connectivity index (χ4n) is 5.26. The average Bonchev–Trinajstić information content (AvgIpc) is 3.25. The number of ether oxygens (including phenoxy) is 6. The topological polar surface area (TPSA) is 127 Å². The largest absolute Gasteiger partial charge is 0.507 e. The van der Waals surface area contributed by atoms with Crippen LogP contribution in [0.25, 0.3) is 0 Å². The standard InChI is InChI=1S/C28H29ClO10/c1-13-9-17(30)22(16(11-21(31)38-6)15-8-7-14(34-2)10-18(15)35-3)26(32)28(13)27(33)23-19(36-4)12-20(37-5)24(29)25(23)39-28/h7-8,10,12-13,16,32H,9,11H2,1-6H3. The molecule has 1 aliphatic carbocycles. The molecule has 2 aromatic carbocycles. The van der Waals surface area contributed by atoms with Crippen molar-refractivity contribution in [1.29, 1.82) is 0 Å². The van der Waals surface area contributed by atoms with Crippen LogP contribution in [0.2, 0.25) is 5.02 Å². The van der Waals surface area contributed by atoms with Crippen LogP contribution in [0.3, 0.4) is 0 Å². The van der Waals surface area contributed by atoms with Crippen molar-refractivity contribution < 1.29 is 47.9 Å². The minimum atomic E-state index is -2.00. The Bertz CT molecular complexity index is 1380. The average molecular weight is 561 g/mol. The molecule has 0 aromatic heterocycles. The number of ketones is 2. The van der Waals surface area contributed by atoms with Gasteiger partial charge in [0.1, 0.15) is 33.6 Å². The second-order valence-corrected chi connectivity index (χ2v) is 9.58. The number of methoxy groups -OCH3 is 5. The predicted molar refractivity (Wildman–Crippen MR) is 140 cm³/mol. The number of fused-ring (bicyclic) bond motifs is 1. The third-order valence-electron chi connectivity index (χ3n) is 7.27. The summed E-state index contributed by atoms with van der Waals surface area (Å²) in [4.78, 5) is 40.2. The first-order chi connectivity index (χ1) is 18.6. The van der Waals surface area contributed by atoms with E-state index in [1.165, 1.54) is 41.6 Å². The van der Waals surface area contributed by atoms with E-state index in [-0.39, 0.29) is 46.2 Å². The Balaban J connectivity index is 1.98. The van der Waals surface area contributed by atoms with Crippen LogP contribution in [-0.4, -0.2) is 63.8 Å². The molecule has 0 saturated carbocycles. The van der Waals surface area contributed by atoms with Crippen molar-refractivity contribution in [2.75, 3.05) is 35.5 Å². The van der Waals surface area contributed by atoms with E-state index in [1.54, 1.807) is 25.1 Å². The molecule has 2 aliphatic rings. The normalized spacial score (nSPS) is 20.8. The molecule has 2 aromatic rings. The number of carbonyl (C=O) groups is 3. The minimum Gasteiger partial charge on any atom is -0.507 e. The Labute approximate surface area is 230 Å². The summed E-state index contributed by atoms with van der Waals surface area (Å²) in [5, 5.41) is 11.9. The van der Waals surface area contributed by atoms with E-state index in [9.17, 15) is 19.5 Å². The van der Waals surface area contributed by atoms with Gasteiger partial charge in [-0.2, -0.15) is 0 Å². The summed E-state index contributed by atoms with van der Waals surface area (Å²) in [6.07, 6.45) is -0.486. The van der Waals surface area contributed by atoms with E-state index in [4.69, 9.17) is 40.0 Å². The highest BCUT2D eigenvalue weighted by molar-refractivity contribution is 6.35. The summed E-state index contributed by atoms with van der Waals surface area (Å²) in [5.41, 5.74) is -1.74. The number of aliphatic hydroxyl groups is 1. The fraction of sp³-hybridized carbons (Fsp3) is 0.393. The lowest BCUT2D eigenvalue weighted by Crippen LogP contribution is -2.53. The van der Waals surface area contributed by atoms with Gasteiger partial charge in [0.15, 0.2) is 17.3 Å². The van der Waals surface area contributed by atoms with Crippen molar-refractivity contribution in [1.82, 2.24) is 0 Å². The summed E-state index contributed by atoms with van der Waals surface area (Å²) in [6.45, 7) is 1.62. The van der Waals surface area contributed by atoms with E-state index in [0.717, 1.165) is 0 Å². The molecular weight excluding hydrogens is 532 g/mol. The minimum absolute atomic E-state index is 0.0138. The first kappa shape index (κ1) is 28.1. The highest BCUT2D eigenvalue weighted by atomic mass is 35.5. The van der Waals surface area contributed by atoms with Crippen molar-refractivity contribution in [2.24, 2.45) is 5.92 Å². The van der Waals surface area contributed by atoms with Gasteiger partial charge in [0.05, 0.1) is 42.0 Å². The molecule has 0 radical (unpaired) electrons. The summed E-state index contributed by atoms with van der Waals surface area (Å²) < 4.78 is 32.6. The highest BCUT2D eigenvalue weighted by Gasteiger charge is 2.61. The highest BCUT2D eigenvalue weighted by Crippen LogP contribution is 2.56. The van der Waals surface area contributed by atoms with Crippen molar-refractivity contribution >= 4 is 29.1 Å². The molecule has 0 amide bonds. The van der Waals surface area contributed by atoms with Gasteiger partial charge in [-0.3, -0.25) is 14.4 Å². The molecule has 39 heavy (non-hydrogen) atoms. The van der Waals surface area contributed by atoms with Crippen molar-refractivity contribution in [3.63, 3.8) is 0 Å². The smallest absolute Gasteiger partial charge is 0.306 e. The summed E-state index contributed by atoms with van der Waals surface area (Å²) in [6, 6.07) is 6.30. The maximum Gasteiger partial charge on any atom is 0.306 e. The van der Waals surface area contributed by atoms with E-state index in [0.29, 0.717) is 17.1 Å². The quantitative estimate of drug-likeness (QED) is 0.462. The van der Waals surface area contributed by atoms with Gasteiger partial charge in [-0.15, -0.1) is 0 Å². The lowest BCUT2D eigenvalue weighted by Gasteiger charge is -2.38. The zero-order valence-electron chi connectivity index (χ0n) is 22.4. The maximum atomic E-state index is 14.1. The summed E-state index contributed by atoms with van der Waals surface area (Å²) in [7, 11) is 6.90. The lowest BCUT2D eigenvalue weighted by molar-refractivity contribution is -0.140. The number of allylic oxidation sites excluding steroid dienone is 1. The molecule has 0 fully saturated rings. The number of Topliss-reactive ketones (excluding diaryl/α,β-unsaturated/α-hetero) is 2. The molecule has 1 spiro atoms. The molecule has 0 bridgehead atoms. The van der Waals surface area contributed by atoms with Crippen LogP contribution in [-0.2, 0) is 14.3 Å². The maximum absolute atomic E-state index is 14.1.